The molecular formula is C12H15BrO. The van der Waals surface area contributed by atoms with Crippen LogP contribution in [0.2, 0.25) is 0 Å². The van der Waals surface area contributed by atoms with Gasteiger partial charge in [0.25, 0.3) is 0 Å². The van der Waals surface area contributed by atoms with Crippen LogP contribution in [0, 0.1) is 0 Å². The van der Waals surface area contributed by atoms with Crippen molar-refractivity contribution in [1.82, 2.24) is 0 Å². The predicted octanol–water partition coefficient (Wildman–Crippen LogP) is 3.92. The van der Waals surface area contributed by atoms with Crippen molar-refractivity contribution in [3.63, 3.8) is 0 Å². The first-order valence-electron chi connectivity index (χ1n) is 4.88. The van der Waals surface area contributed by atoms with E-state index in [9.17, 15) is 4.79 Å². The van der Waals surface area contributed by atoms with Gasteiger partial charge in [-0.05, 0) is 37.0 Å². The average molecular weight is 255 g/mol. The number of carbonyl (C=O) groups is 1. The molecule has 0 aliphatic carbocycles. The Kier molecular flexibility index (Phi) is 4.33. The average Bonchev–Trinajstić information content (AvgIpc) is 2.15. The zero-order valence-corrected chi connectivity index (χ0v) is 10.2. The minimum absolute atomic E-state index is 0.264. The third-order valence-electron chi connectivity index (χ3n) is 2.37. The van der Waals surface area contributed by atoms with Crippen molar-refractivity contribution in [3.8, 4) is 0 Å². The van der Waals surface area contributed by atoms with E-state index in [1.54, 1.807) is 6.92 Å². The second kappa shape index (κ2) is 5.30. The lowest BCUT2D eigenvalue weighted by atomic mass is 9.92. The predicted molar refractivity (Wildman–Crippen MR) is 62.5 cm³/mol. The summed E-state index contributed by atoms with van der Waals surface area (Å²) >= 11 is 3.40. The lowest BCUT2D eigenvalue weighted by Gasteiger charge is -2.13. The molecule has 1 rings (SSSR count). The van der Waals surface area contributed by atoms with E-state index in [2.05, 4.69) is 35.0 Å². The smallest absolute Gasteiger partial charge is 0.130 e. The molecule has 14 heavy (non-hydrogen) atoms. The van der Waals surface area contributed by atoms with Gasteiger partial charge in [0.2, 0.25) is 0 Å². The van der Waals surface area contributed by atoms with E-state index in [0.717, 1.165) is 10.9 Å². The van der Waals surface area contributed by atoms with Gasteiger partial charge in [-0.15, -0.1) is 0 Å². The van der Waals surface area contributed by atoms with E-state index in [4.69, 9.17) is 0 Å². The van der Waals surface area contributed by atoms with Gasteiger partial charge in [-0.1, -0.05) is 35.0 Å². The molecule has 76 valence electrons. The van der Waals surface area contributed by atoms with E-state index in [0.29, 0.717) is 12.3 Å². The van der Waals surface area contributed by atoms with Gasteiger partial charge in [0.05, 0.1) is 0 Å². The summed E-state index contributed by atoms with van der Waals surface area (Å²) in [6.07, 6.45) is 1.67. The quantitative estimate of drug-likeness (QED) is 0.796. The second-order valence-corrected chi connectivity index (χ2v) is 4.48. The van der Waals surface area contributed by atoms with Crippen LogP contribution in [0.3, 0.4) is 0 Å². The van der Waals surface area contributed by atoms with Gasteiger partial charge in [-0.25, -0.2) is 0 Å². The fourth-order valence-corrected chi connectivity index (χ4v) is 1.84. The van der Waals surface area contributed by atoms with Gasteiger partial charge in [-0.3, -0.25) is 0 Å². The van der Waals surface area contributed by atoms with Crippen molar-refractivity contribution in [2.24, 2.45) is 0 Å². The Bertz CT molecular complexity index is 303. The van der Waals surface area contributed by atoms with Crippen LogP contribution in [0.5, 0.6) is 0 Å². The third kappa shape index (κ3) is 3.26. The molecule has 0 fully saturated rings. The molecule has 0 aliphatic heterocycles. The molecule has 2 heteroatoms. The monoisotopic (exact) mass is 254 g/mol. The Morgan fingerprint density at radius 3 is 2.36 bits per heavy atom. The van der Waals surface area contributed by atoms with E-state index >= 15 is 0 Å². The molecule has 0 amide bonds. The minimum atomic E-state index is 0.264. The van der Waals surface area contributed by atoms with Gasteiger partial charge in [-0.2, -0.15) is 0 Å². The molecule has 0 heterocycles. The molecule has 0 radical (unpaired) electrons. The highest BCUT2D eigenvalue weighted by Gasteiger charge is 2.11. The lowest BCUT2D eigenvalue weighted by molar-refractivity contribution is -0.117. The number of Topliss-reactive ketones (excluding diaryl/α,β-unsaturated/α-hetero) is 1. The highest BCUT2D eigenvalue weighted by Crippen LogP contribution is 2.24. The summed E-state index contributed by atoms with van der Waals surface area (Å²) in [5, 5.41) is 0. The number of halogens is 1. The summed E-state index contributed by atoms with van der Waals surface area (Å²) in [7, 11) is 0. The molecule has 0 saturated carbocycles. The topological polar surface area (TPSA) is 17.1 Å². The maximum Gasteiger partial charge on any atom is 0.130 e. The molecule has 1 aromatic carbocycles. The SMILES string of the molecule is CCC(CC(C)=O)c1ccc(Br)cc1. The number of ketones is 1. The first-order chi connectivity index (χ1) is 6.63. The third-order valence-corrected chi connectivity index (χ3v) is 2.90. The molecule has 0 aliphatic rings. The first-order valence-corrected chi connectivity index (χ1v) is 5.67. The van der Waals surface area contributed by atoms with Gasteiger partial charge in [0.15, 0.2) is 0 Å². The number of hydrogen-bond acceptors (Lipinski definition) is 1. The zero-order valence-electron chi connectivity index (χ0n) is 8.59. The fourth-order valence-electron chi connectivity index (χ4n) is 1.58. The highest BCUT2D eigenvalue weighted by molar-refractivity contribution is 9.10. The van der Waals surface area contributed by atoms with Crippen LogP contribution in [-0.2, 0) is 4.79 Å². The number of benzene rings is 1. The molecule has 1 aromatic rings. The number of rotatable bonds is 4. The summed E-state index contributed by atoms with van der Waals surface area (Å²) in [6, 6.07) is 8.22. The highest BCUT2D eigenvalue weighted by atomic mass is 79.9. The standard InChI is InChI=1S/C12H15BrO/c1-3-10(8-9(2)14)11-4-6-12(13)7-5-11/h4-7,10H,3,8H2,1-2H3. The number of hydrogen-bond donors (Lipinski definition) is 0. The summed E-state index contributed by atoms with van der Waals surface area (Å²) in [5.74, 6) is 0.639. The van der Waals surface area contributed by atoms with Gasteiger partial charge < -0.3 is 4.79 Å². The largest absolute Gasteiger partial charge is 0.300 e. The Morgan fingerprint density at radius 2 is 1.93 bits per heavy atom. The van der Waals surface area contributed by atoms with E-state index < -0.39 is 0 Å². The van der Waals surface area contributed by atoms with Crippen molar-refractivity contribution in [1.29, 1.82) is 0 Å². The molecule has 1 nitrogen and oxygen atoms in total. The maximum atomic E-state index is 11.0. The van der Waals surface area contributed by atoms with Crippen molar-refractivity contribution in [3.05, 3.63) is 34.3 Å². The Labute approximate surface area is 93.7 Å². The second-order valence-electron chi connectivity index (χ2n) is 3.56. The van der Waals surface area contributed by atoms with Crippen LogP contribution in [0.15, 0.2) is 28.7 Å². The van der Waals surface area contributed by atoms with E-state index in [-0.39, 0.29) is 5.78 Å². The Hall–Kier alpha value is -0.630. The first kappa shape index (κ1) is 11.4. The molecule has 1 atom stereocenters. The fraction of sp³-hybridized carbons (Fsp3) is 0.417. The zero-order chi connectivity index (χ0) is 10.6. The van der Waals surface area contributed by atoms with Gasteiger partial charge in [0, 0.05) is 10.9 Å². The van der Waals surface area contributed by atoms with Crippen molar-refractivity contribution in [2.75, 3.05) is 0 Å². The van der Waals surface area contributed by atoms with Crippen molar-refractivity contribution < 1.29 is 4.79 Å². The van der Waals surface area contributed by atoms with Crippen molar-refractivity contribution in [2.45, 2.75) is 32.6 Å². The van der Waals surface area contributed by atoms with Crippen LogP contribution < -0.4 is 0 Å². The summed E-state index contributed by atoms with van der Waals surface area (Å²) in [5.41, 5.74) is 1.26. The molecule has 0 bridgehead atoms. The van der Waals surface area contributed by atoms with Gasteiger partial charge >= 0.3 is 0 Å². The molecule has 1 unspecified atom stereocenters. The summed E-state index contributed by atoms with van der Waals surface area (Å²) < 4.78 is 1.08. The van der Waals surface area contributed by atoms with Gasteiger partial charge in [0.1, 0.15) is 5.78 Å². The van der Waals surface area contributed by atoms with Crippen LogP contribution in [-0.4, -0.2) is 5.78 Å². The maximum absolute atomic E-state index is 11.0. The molecule has 0 saturated heterocycles. The molecule has 0 aromatic heterocycles. The lowest BCUT2D eigenvalue weighted by Crippen LogP contribution is -2.02. The van der Waals surface area contributed by atoms with Crippen molar-refractivity contribution >= 4 is 21.7 Å². The van der Waals surface area contributed by atoms with E-state index in [1.807, 2.05) is 12.1 Å². The number of carbonyl (C=O) groups excluding carboxylic acids is 1. The Balaban J connectivity index is 2.78. The van der Waals surface area contributed by atoms with Crippen LogP contribution in [0.4, 0.5) is 0 Å². The minimum Gasteiger partial charge on any atom is -0.300 e. The van der Waals surface area contributed by atoms with Crippen LogP contribution in [0.1, 0.15) is 38.2 Å². The molecular weight excluding hydrogens is 240 g/mol. The molecule has 0 N–H and O–H groups in total. The van der Waals surface area contributed by atoms with Crippen LogP contribution in [0.25, 0.3) is 0 Å². The summed E-state index contributed by atoms with van der Waals surface area (Å²) in [6.45, 7) is 3.77. The normalized spacial score (nSPS) is 12.5. The van der Waals surface area contributed by atoms with Crippen LogP contribution >= 0.6 is 15.9 Å². The summed E-state index contributed by atoms with van der Waals surface area (Å²) in [4.78, 5) is 11.0. The van der Waals surface area contributed by atoms with E-state index in [1.165, 1.54) is 5.56 Å². The molecule has 0 spiro atoms. The Morgan fingerprint density at radius 1 is 1.36 bits per heavy atom.